The molecule has 94 valence electrons. The molecule has 1 unspecified atom stereocenters. The molecule has 0 radical (unpaired) electrons. The lowest BCUT2D eigenvalue weighted by Crippen LogP contribution is -2.29. The summed E-state index contributed by atoms with van der Waals surface area (Å²) in [5, 5.41) is 0. The van der Waals surface area contributed by atoms with Gasteiger partial charge in [0.05, 0.1) is 12.2 Å². The van der Waals surface area contributed by atoms with Crippen LogP contribution in [0.25, 0.3) is 0 Å². The molecule has 0 aliphatic carbocycles. The number of nitrogens with two attached hydrogens (primary N) is 1. The first-order valence-corrected chi connectivity index (χ1v) is 5.76. The lowest BCUT2D eigenvalue weighted by Gasteiger charge is -2.18. The van der Waals surface area contributed by atoms with Gasteiger partial charge in [-0.1, -0.05) is 18.2 Å². The van der Waals surface area contributed by atoms with Crippen LogP contribution in [0.2, 0.25) is 0 Å². The molecule has 2 rings (SSSR count). The van der Waals surface area contributed by atoms with Crippen LogP contribution in [-0.4, -0.2) is 4.98 Å². The first kappa shape index (κ1) is 12.7. The number of hydrazine groups is 1. The predicted molar refractivity (Wildman–Crippen MR) is 69.3 cm³/mol. The Bertz CT molecular complexity index is 554. The largest absolute Gasteiger partial charge is 0.271 e. The maximum Gasteiger partial charge on any atom is 0.146 e. The number of aromatic nitrogens is 1. The monoisotopic (exact) mass is 245 g/mol. The fourth-order valence-corrected chi connectivity index (χ4v) is 1.93. The Morgan fingerprint density at radius 3 is 2.61 bits per heavy atom. The molecule has 1 atom stereocenters. The summed E-state index contributed by atoms with van der Waals surface area (Å²) in [6, 6.07) is 7.24. The molecule has 0 spiro atoms. The maximum absolute atomic E-state index is 13.7. The molecule has 0 amide bonds. The molecule has 0 aliphatic rings. The van der Waals surface area contributed by atoms with Gasteiger partial charge in [0.2, 0.25) is 0 Å². The molecule has 4 heteroatoms. The Kier molecular flexibility index (Phi) is 3.69. The predicted octanol–water partition coefficient (Wildman–Crippen LogP) is 2.39. The minimum atomic E-state index is -0.368. The van der Waals surface area contributed by atoms with Crippen LogP contribution in [0, 0.1) is 19.7 Å². The fourth-order valence-electron chi connectivity index (χ4n) is 1.93. The summed E-state index contributed by atoms with van der Waals surface area (Å²) in [4.78, 5) is 3.74. The van der Waals surface area contributed by atoms with Crippen molar-refractivity contribution in [2.45, 2.75) is 19.9 Å². The topological polar surface area (TPSA) is 50.9 Å². The Labute approximate surface area is 106 Å². The highest BCUT2D eigenvalue weighted by molar-refractivity contribution is 5.36. The number of nitrogens with zero attached hydrogens (tertiary/aromatic N) is 1. The van der Waals surface area contributed by atoms with E-state index in [9.17, 15) is 4.39 Å². The van der Waals surface area contributed by atoms with Gasteiger partial charge in [-0.15, -0.1) is 0 Å². The molecule has 1 aromatic carbocycles. The number of rotatable bonds is 3. The number of hydrogen-bond donors (Lipinski definition) is 2. The summed E-state index contributed by atoms with van der Waals surface area (Å²) in [5.41, 5.74) is 6.44. The number of benzene rings is 1. The molecule has 1 heterocycles. The van der Waals surface area contributed by atoms with E-state index in [2.05, 4.69) is 10.4 Å². The van der Waals surface area contributed by atoms with Gasteiger partial charge in [-0.3, -0.25) is 10.8 Å². The zero-order valence-electron chi connectivity index (χ0n) is 10.4. The third-order valence-corrected chi connectivity index (χ3v) is 3.15. The fraction of sp³-hybridized carbons (Fsp3) is 0.214. The van der Waals surface area contributed by atoms with Gasteiger partial charge in [0.15, 0.2) is 0 Å². The van der Waals surface area contributed by atoms with Gasteiger partial charge >= 0.3 is 0 Å². The first-order chi connectivity index (χ1) is 8.63. The van der Waals surface area contributed by atoms with E-state index in [1.165, 1.54) is 11.8 Å². The van der Waals surface area contributed by atoms with Crippen LogP contribution in [0.1, 0.15) is 28.3 Å². The summed E-state index contributed by atoms with van der Waals surface area (Å²) in [5.74, 6) is 5.19. The summed E-state index contributed by atoms with van der Waals surface area (Å²) in [6.07, 6.45) is 2.75. The number of pyridine rings is 1. The zero-order valence-corrected chi connectivity index (χ0v) is 10.4. The lowest BCUT2D eigenvalue weighted by molar-refractivity contribution is 0.555. The second-order valence-corrected chi connectivity index (χ2v) is 4.34. The van der Waals surface area contributed by atoms with Gasteiger partial charge in [-0.05, 0) is 36.6 Å². The van der Waals surface area contributed by atoms with Gasteiger partial charge in [0, 0.05) is 11.8 Å². The SMILES string of the molecule is Cc1ccc(C(NN)c2ccncc2F)cc1C. The number of halogens is 1. The van der Waals surface area contributed by atoms with Crippen LogP contribution in [0.3, 0.4) is 0 Å². The Hall–Kier alpha value is -1.78. The van der Waals surface area contributed by atoms with E-state index in [1.807, 2.05) is 32.0 Å². The highest BCUT2D eigenvalue weighted by Gasteiger charge is 2.16. The maximum atomic E-state index is 13.7. The third kappa shape index (κ3) is 2.39. The lowest BCUT2D eigenvalue weighted by atomic mass is 9.96. The Balaban J connectivity index is 2.45. The minimum absolute atomic E-state index is 0.362. The van der Waals surface area contributed by atoms with E-state index in [0.717, 1.165) is 11.1 Å². The molecule has 18 heavy (non-hydrogen) atoms. The zero-order chi connectivity index (χ0) is 13.1. The molecule has 3 nitrogen and oxygen atoms in total. The smallest absolute Gasteiger partial charge is 0.146 e. The van der Waals surface area contributed by atoms with Crippen molar-refractivity contribution in [3.8, 4) is 0 Å². The van der Waals surface area contributed by atoms with Crippen molar-refractivity contribution < 1.29 is 4.39 Å². The van der Waals surface area contributed by atoms with Crippen molar-refractivity contribution >= 4 is 0 Å². The summed E-state index contributed by atoms with van der Waals surface area (Å²) >= 11 is 0. The molecular formula is C14H16FN3. The van der Waals surface area contributed by atoms with Crippen LogP contribution < -0.4 is 11.3 Å². The van der Waals surface area contributed by atoms with Gasteiger partial charge in [-0.2, -0.15) is 0 Å². The number of hydrogen-bond acceptors (Lipinski definition) is 3. The Morgan fingerprint density at radius 2 is 2.00 bits per heavy atom. The van der Waals surface area contributed by atoms with Crippen LogP contribution in [-0.2, 0) is 0 Å². The Morgan fingerprint density at radius 1 is 1.22 bits per heavy atom. The van der Waals surface area contributed by atoms with Gasteiger partial charge in [0.1, 0.15) is 5.82 Å². The number of aryl methyl sites for hydroxylation is 2. The quantitative estimate of drug-likeness (QED) is 0.645. The van der Waals surface area contributed by atoms with E-state index in [0.29, 0.717) is 5.56 Å². The van der Waals surface area contributed by atoms with E-state index in [-0.39, 0.29) is 11.9 Å². The van der Waals surface area contributed by atoms with Crippen molar-refractivity contribution in [2.24, 2.45) is 5.84 Å². The minimum Gasteiger partial charge on any atom is -0.271 e. The van der Waals surface area contributed by atoms with Crippen LogP contribution in [0.15, 0.2) is 36.7 Å². The summed E-state index contributed by atoms with van der Waals surface area (Å²) in [6.45, 7) is 4.06. The summed E-state index contributed by atoms with van der Waals surface area (Å²) in [7, 11) is 0. The highest BCUT2D eigenvalue weighted by atomic mass is 19.1. The van der Waals surface area contributed by atoms with E-state index >= 15 is 0 Å². The molecule has 0 fully saturated rings. The van der Waals surface area contributed by atoms with Crippen molar-refractivity contribution in [3.05, 3.63) is 64.7 Å². The molecule has 2 aromatic rings. The molecule has 1 aromatic heterocycles. The van der Waals surface area contributed by atoms with E-state index in [4.69, 9.17) is 5.84 Å². The van der Waals surface area contributed by atoms with E-state index in [1.54, 1.807) is 12.3 Å². The standard InChI is InChI=1S/C14H16FN3/c1-9-3-4-11(7-10(9)2)14(18-16)12-5-6-17-8-13(12)15/h3-8,14,18H,16H2,1-2H3. The van der Waals surface area contributed by atoms with Gasteiger partial charge < -0.3 is 0 Å². The van der Waals surface area contributed by atoms with Crippen molar-refractivity contribution in [2.75, 3.05) is 0 Å². The highest BCUT2D eigenvalue weighted by Crippen LogP contribution is 2.24. The first-order valence-electron chi connectivity index (χ1n) is 5.76. The third-order valence-electron chi connectivity index (χ3n) is 3.15. The average Bonchev–Trinajstić information content (AvgIpc) is 2.37. The molecular weight excluding hydrogens is 229 g/mol. The van der Waals surface area contributed by atoms with Crippen molar-refractivity contribution in [1.82, 2.24) is 10.4 Å². The number of nitrogens with one attached hydrogen (secondary N) is 1. The van der Waals surface area contributed by atoms with Crippen LogP contribution in [0.5, 0.6) is 0 Å². The summed E-state index contributed by atoms with van der Waals surface area (Å²) < 4.78 is 13.7. The molecule has 0 bridgehead atoms. The molecule has 0 saturated carbocycles. The average molecular weight is 245 g/mol. The van der Waals surface area contributed by atoms with Gasteiger partial charge in [0.25, 0.3) is 0 Å². The second-order valence-electron chi connectivity index (χ2n) is 4.34. The van der Waals surface area contributed by atoms with Gasteiger partial charge in [-0.25, -0.2) is 9.82 Å². The molecule has 3 N–H and O–H groups in total. The molecule has 0 aliphatic heterocycles. The normalized spacial score (nSPS) is 12.4. The van der Waals surface area contributed by atoms with Crippen LogP contribution in [0.4, 0.5) is 4.39 Å². The van der Waals surface area contributed by atoms with Crippen LogP contribution >= 0.6 is 0 Å². The van der Waals surface area contributed by atoms with Crippen molar-refractivity contribution in [3.63, 3.8) is 0 Å². The van der Waals surface area contributed by atoms with E-state index < -0.39 is 0 Å². The molecule has 0 saturated heterocycles. The second kappa shape index (κ2) is 5.25. The van der Waals surface area contributed by atoms with Crippen molar-refractivity contribution in [1.29, 1.82) is 0 Å².